The predicted molar refractivity (Wildman–Crippen MR) is 116 cm³/mol. The first-order valence-electron chi connectivity index (χ1n) is 9.52. The molecule has 150 valence electrons. The number of anilines is 1. The van der Waals surface area contributed by atoms with Gasteiger partial charge in [-0.05, 0) is 42.8 Å². The summed E-state index contributed by atoms with van der Waals surface area (Å²) in [7, 11) is 1.35. The Morgan fingerprint density at radius 3 is 2.50 bits per heavy atom. The van der Waals surface area contributed by atoms with E-state index in [9.17, 15) is 9.90 Å². The number of benzene rings is 2. The van der Waals surface area contributed by atoms with E-state index in [0.717, 1.165) is 16.6 Å². The molecule has 1 atom stereocenters. The molecule has 0 bridgehead atoms. The highest BCUT2D eigenvalue weighted by Gasteiger charge is 2.21. The number of phenols is 1. The van der Waals surface area contributed by atoms with E-state index in [0.29, 0.717) is 22.5 Å². The second-order valence-corrected chi connectivity index (χ2v) is 6.93. The Morgan fingerprint density at radius 1 is 1.03 bits per heavy atom. The van der Waals surface area contributed by atoms with Crippen molar-refractivity contribution in [1.82, 2.24) is 9.97 Å². The van der Waals surface area contributed by atoms with Crippen LogP contribution in [0.25, 0.3) is 10.9 Å². The van der Waals surface area contributed by atoms with E-state index < -0.39 is 12.0 Å². The van der Waals surface area contributed by atoms with Crippen LogP contribution in [0.1, 0.15) is 33.2 Å². The standard InChI is InChI=1S/C24H21N3O3/c1-15-6-7-17-12-13-19(23(28)22(17)26-15)21(27-20-5-3-4-14-25-20)16-8-10-18(11-9-16)24(29)30-2/h3-14,21,28H,1-2H3,(H,25,27). The number of aromatic hydroxyl groups is 1. The van der Waals surface area contributed by atoms with Crippen molar-refractivity contribution in [3.05, 3.63) is 95.3 Å². The molecule has 0 saturated heterocycles. The summed E-state index contributed by atoms with van der Waals surface area (Å²) in [5, 5.41) is 15.3. The molecule has 30 heavy (non-hydrogen) atoms. The fourth-order valence-electron chi connectivity index (χ4n) is 3.39. The van der Waals surface area contributed by atoms with Gasteiger partial charge in [0, 0.05) is 22.8 Å². The van der Waals surface area contributed by atoms with Gasteiger partial charge in [0.1, 0.15) is 17.1 Å². The van der Waals surface area contributed by atoms with Gasteiger partial charge >= 0.3 is 5.97 Å². The van der Waals surface area contributed by atoms with Crippen molar-refractivity contribution in [3.63, 3.8) is 0 Å². The number of esters is 1. The van der Waals surface area contributed by atoms with Crippen molar-refractivity contribution in [3.8, 4) is 5.75 Å². The van der Waals surface area contributed by atoms with Gasteiger partial charge < -0.3 is 15.2 Å². The summed E-state index contributed by atoms with van der Waals surface area (Å²) in [6.45, 7) is 1.89. The van der Waals surface area contributed by atoms with Crippen molar-refractivity contribution < 1.29 is 14.6 Å². The molecule has 0 amide bonds. The molecular formula is C24H21N3O3. The molecule has 0 saturated carbocycles. The highest BCUT2D eigenvalue weighted by Crippen LogP contribution is 2.36. The molecule has 0 radical (unpaired) electrons. The van der Waals surface area contributed by atoms with Crippen LogP contribution >= 0.6 is 0 Å². The zero-order chi connectivity index (χ0) is 21.1. The van der Waals surface area contributed by atoms with Gasteiger partial charge in [-0.15, -0.1) is 0 Å². The minimum Gasteiger partial charge on any atom is -0.505 e. The lowest BCUT2D eigenvalue weighted by Gasteiger charge is -2.22. The van der Waals surface area contributed by atoms with Crippen LogP contribution in [-0.4, -0.2) is 28.2 Å². The molecule has 4 rings (SSSR count). The molecule has 2 heterocycles. The summed E-state index contributed by atoms with van der Waals surface area (Å²) in [6, 6.07) is 19.9. The Morgan fingerprint density at radius 2 is 1.80 bits per heavy atom. The minimum atomic E-state index is -0.404. The number of hydrogen-bond acceptors (Lipinski definition) is 6. The van der Waals surface area contributed by atoms with Gasteiger partial charge in [-0.25, -0.2) is 14.8 Å². The summed E-state index contributed by atoms with van der Waals surface area (Å²) < 4.78 is 4.78. The van der Waals surface area contributed by atoms with E-state index in [2.05, 4.69) is 15.3 Å². The molecule has 0 spiro atoms. The van der Waals surface area contributed by atoms with E-state index in [4.69, 9.17) is 4.74 Å². The average Bonchev–Trinajstić information content (AvgIpc) is 2.79. The summed E-state index contributed by atoms with van der Waals surface area (Å²) in [5.74, 6) is 0.377. The zero-order valence-corrected chi connectivity index (χ0v) is 16.7. The molecule has 2 aromatic carbocycles. The molecule has 0 aliphatic heterocycles. The maximum absolute atomic E-state index is 11.8. The molecule has 0 aliphatic rings. The number of nitrogens with one attached hydrogen (secondary N) is 1. The van der Waals surface area contributed by atoms with Crippen LogP contribution < -0.4 is 5.32 Å². The topological polar surface area (TPSA) is 84.3 Å². The third-order valence-corrected chi connectivity index (χ3v) is 4.94. The van der Waals surface area contributed by atoms with Crippen LogP contribution in [0.2, 0.25) is 0 Å². The van der Waals surface area contributed by atoms with Crippen LogP contribution in [0.5, 0.6) is 5.75 Å². The van der Waals surface area contributed by atoms with Crippen LogP contribution in [0.3, 0.4) is 0 Å². The Labute approximate surface area is 174 Å². The predicted octanol–water partition coefficient (Wildman–Crippen LogP) is 4.63. The van der Waals surface area contributed by atoms with Crippen molar-refractivity contribution in [2.75, 3.05) is 12.4 Å². The van der Waals surface area contributed by atoms with Crippen molar-refractivity contribution >= 4 is 22.7 Å². The van der Waals surface area contributed by atoms with Crippen LogP contribution in [-0.2, 0) is 4.74 Å². The van der Waals surface area contributed by atoms with Gasteiger partial charge in [-0.1, -0.05) is 36.4 Å². The first-order valence-corrected chi connectivity index (χ1v) is 9.52. The number of phenolic OH excluding ortho intramolecular Hbond substituents is 1. The quantitative estimate of drug-likeness (QED) is 0.476. The Kier molecular flexibility index (Phi) is 5.30. The first-order chi connectivity index (χ1) is 14.6. The van der Waals surface area contributed by atoms with Crippen LogP contribution in [0, 0.1) is 6.92 Å². The van der Waals surface area contributed by atoms with Gasteiger partial charge in [-0.2, -0.15) is 0 Å². The SMILES string of the molecule is COC(=O)c1ccc(C(Nc2ccccn2)c2ccc3ccc(C)nc3c2O)cc1. The van der Waals surface area contributed by atoms with Crippen LogP contribution in [0.15, 0.2) is 72.9 Å². The first kappa shape index (κ1) is 19.4. The normalized spacial score (nSPS) is 11.8. The van der Waals surface area contributed by atoms with Crippen LogP contribution in [0.4, 0.5) is 5.82 Å². The van der Waals surface area contributed by atoms with E-state index in [1.807, 2.05) is 61.5 Å². The summed E-state index contributed by atoms with van der Waals surface area (Å²) in [4.78, 5) is 20.7. The molecular weight excluding hydrogens is 378 g/mol. The van der Waals surface area contributed by atoms with Crippen molar-refractivity contribution in [1.29, 1.82) is 0 Å². The molecule has 2 N–H and O–H groups in total. The summed E-state index contributed by atoms with van der Waals surface area (Å²) in [6.07, 6.45) is 1.70. The highest BCUT2D eigenvalue weighted by molar-refractivity contribution is 5.89. The molecule has 0 aliphatic carbocycles. The number of methoxy groups -OCH3 is 1. The second kappa shape index (κ2) is 8.21. The number of aromatic nitrogens is 2. The average molecular weight is 399 g/mol. The monoisotopic (exact) mass is 399 g/mol. The molecule has 0 fully saturated rings. The maximum Gasteiger partial charge on any atom is 0.337 e. The summed E-state index contributed by atoms with van der Waals surface area (Å²) >= 11 is 0. The fraction of sp³-hybridized carbons (Fsp3) is 0.125. The molecule has 1 unspecified atom stereocenters. The van der Waals surface area contributed by atoms with E-state index in [1.54, 1.807) is 18.3 Å². The van der Waals surface area contributed by atoms with Crippen molar-refractivity contribution in [2.45, 2.75) is 13.0 Å². The lowest BCUT2D eigenvalue weighted by atomic mass is 9.95. The summed E-state index contributed by atoms with van der Waals surface area (Å²) in [5.41, 5.74) is 3.35. The number of carbonyl (C=O) groups excluding carboxylic acids is 1. The fourth-order valence-corrected chi connectivity index (χ4v) is 3.39. The molecule has 6 nitrogen and oxygen atoms in total. The number of carbonyl (C=O) groups is 1. The van der Waals surface area contributed by atoms with Gasteiger partial charge in [-0.3, -0.25) is 0 Å². The van der Waals surface area contributed by atoms with Gasteiger partial charge in [0.25, 0.3) is 0 Å². The maximum atomic E-state index is 11.8. The lowest BCUT2D eigenvalue weighted by Crippen LogP contribution is -2.14. The van der Waals surface area contributed by atoms with Gasteiger partial charge in [0.15, 0.2) is 0 Å². The Hall–Kier alpha value is -3.93. The number of pyridine rings is 2. The van der Waals surface area contributed by atoms with E-state index >= 15 is 0 Å². The van der Waals surface area contributed by atoms with Gasteiger partial charge in [0.05, 0.1) is 18.7 Å². The number of nitrogens with zero attached hydrogens (tertiary/aromatic N) is 2. The number of aryl methyl sites for hydroxylation is 1. The third kappa shape index (κ3) is 3.80. The number of fused-ring (bicyclic) bond motifs is 1. The largest absolute Gasteiger partial charge is 0.505 e. The third-order valence-electron chi connectivity index (χ3n) is 4.94. The molecule has 4 aromatic rings. The Balaban J connectivity index is 1.82. The zero-order valence-electron chi connectivity index (χ0n) is 16.7. The van der Waals surface area contributed by atoms with Crippen molar-refractivity contribution in [2.24, 2.45) is 0 Å². The smallest absolute Gasteiger partial charge is 0.337 e. The molecule has 2 aromatic heterocycles. The number of rotatable bonds is 5. The highest BCUT2D eigenvalue weighted by atomic mass is 16.5. The second-order valence-electron chi connectivity index (χ2n) is 6.93. The number of hydrogen-bond donors (Lipinski definition) is 2. The number of ether oxygens (including phenoxy) is 1. The van der Waals surface area contributed by atoms with E-state index in [-0.39, 0.29) is 5.75 Å². The Bertz CT molecular complexity index is 1190. The van der Waals surface area contributed by atoms with Gasteiger partial charge in [0.2, 0.25) is 0 Å². The molecule has 6 heteroatoms. The van der Waals surface area contributed by atoms with E-state index in [1.165, 1.54) is 7.11 Å². The minimum absolute atomic E-state index is 0.113. The lowest BCUT2D eigenvalue weighted by molar-refractivity contribution is 0.0600.